The summed E-state index contributed by atoms with van der Waals surface area (Å²) in [6.45, 7) is 7.37. The normalized spacial score (nSPS) is 17.1. The Labute approximate surface area is 123 Å². The molecule has 0 aromatic rings. The summed E-state index contributed by atoms with van der Waals surface area (Å²) in [6.07, 6.45) is 6.83. The Balaban J connectivity index is 2.35. The Hall–Kier alpha value is -1.26. The molecule has 1 aliphatic rings. The molecule has 0 aliphatic heterocycles. The summed E-state index contributed by atoms with van der Waals surface area (Å²) in [4.78, 5) is 16.1. The SMILES string of the molecule is CCNC(=NCCC(=O)NC(C)C)NC1CCCCC1. The Morgan fingerprint density at radius 2 is 1.95 bits per heavy atom. The second-order valence-electron chi connectivity index (χ2n) is 5.71. The van der Waals surface area contributed by atoms with Gasteiger partial charge in [-0.25, -0.2) is 0 Å². The van der Waals surface area contributed by atoms with Gasteiger partial charge in [0, 0.05) is 25.0 Å². The quantitative estimate of drug-likeness (QED) is 0.514. The van der Waals surface area contributed by atoms with Crippen molar-refractivity contribution >= 4 is 11.9 Å². The summed E-state index contributed by atoms with van der Waals surface area (Å²) in [5.41, 5.74) is 0. The van der Waals surface area contributed by atoms with Crippen molar-refractivity contribution in [3.63, 3.8) is 0 Å². The molecule has 3 N–H and O–H groups in total. The summed E-state index contributed by atoms with van der Waals surface area (Å²) >= 11 is 0. The monoisotopic (exact) mass is 282 g/mol. The lowest BCUT2D eigenvalue weighted by Crippen LogP contribution is -2.44. The zero-order valence-electron chi connectivity index (χ0n) is 13.2. The van der Waals surface area contributed by atoms with Crippen LogP contribution >= 0.6 is 0 Å². The number of carbonyl (C=O) groups is 1. The van der Waals surface area contributed by atoms with E-state index in [0.29, 0.717) is 19.0 Å². The molecule has 0 saturated heterocycles. The molecule has 0 atom stereocenters. The zero-order chi connectivity index (χ0) is 14.8. The van der Waals surface area contributed by atoms with E-state index < -0.39 is 0 Å². The number of guanidine groups is 1. The van der Waals surface area contributed by atoms with Crippen LogP contribution in [0.4, 0.5) is 0 Å². The van der Waals surface area contributed by atoms with E-state index in [-0.39, 0.29) is 11.9 Å². The number of hydrogen-bond acceptors (Lipinski definition) is 2. The van der Waals surface area contributed by atoms with Crippen LogP contribution in [0, 0.1) is 0 Å². The van der Waals surface area contributed by atoms with E-state index in [2.05, 4.69) is 27.9 Å². The number of carbonyl (C=O) groups excluding carboxylic acids is 1. The number of aliphatic imine (C=N–C) groups is 1. The molecule has 0 aromatic carbocycles. The van der Waals surface area contributed by atoms with E-state index in [1.54, 1.807) is 0 Å². The molecule has 20 heavy (non-hydrogen) atoms. The fraction of sp³-hybridized carbons (Fsp3) is 0.867. The largest absolute Gasteiger partial charge is 0.357 e. The van der Waals surface area contributed by atoms with Gasteiger partial charge in [0.2, 0.25) is 5.91 Å². The molecule has 1 saturated carbocycles. The van der Waals surface area contributed by atoms with Crippen molar-refractivity contribution in [1.29, 1.82) is 0 Å². The third-order valence-corrected chi connectivity index (χ3v) is 3.35. The Bertz CT molecular complexity index is 309. The van der Waals surface area contributed by atoms with Crippen LogP contribution in [-0.4, -0.2) is 37.0 Å². The van der Waals surface area contributed by atoms with E-state index in [1.165, 1.54) is 32.1 Å². The first-order valence-electron chi connectivity index (χ1n) is 7.96. The van der Waals surface area contributed by atoms with Crippen molar-refractivity contribution in [1.82, 2.24) is 16.0 Å². The van der Waals surface area contributed by atoms with Crippen LogP contribution in [0.25, 0.3) is 0 Å². The van der Waals surface area contributed by atoms with Gasteiger partial charge < -0.3 is 16.0 Å². The maximum atomic E-state index is 11.6. The van der Waals surface area contributed by atoms with Crippen molar-refractivity contribution in [2.45, 2.75) is 71.4 Å². The molecule has 5 nitrogen and oxygen atoms in total. The van der Waals surface area contributed by atoms with Crippen molar-refractivity contribution in [3.8, 4) is 0 Å². The Kier molecular flexibility index (Phi) is 8.07. The van der Waals surface area contributed by atoms with Crippen molar-refractivity contribution < 1.29 is 4.79 Å². The van der Waals surface area contributed by atoms with Crippen molar-refractivity contribution in [2.75, 3.05) is 13.1 Å². The highest BCUT2D eigenvalue weighted by atomic mass is 16.1. The minimum Gasteiger partial charge on any atom is -0.357 e. The van der Waals surface area contributed by atoms with Crippen LogP contribution in [-0.2, 0) is 4.79 Å². The number of amides is 1. The summed E-state index contributed by atoms with van der Waals surface area (Å²) < 4.78 is 0. The van der Waals surface area contributed by atoms with Gasteiger partial charge in [0.05, 0.1) is 6.54 Å². The Morgan fingerprint density at radius 3 is 2.55 bits per heavy atom. The molecule has 1 aliphatic carbocycles. The summed E-state index contributed by atoms with van der Waals surface area (Å²) in [7, 11) is 0. The van der Waals surface area contributed by atoms with Gasteiger partial charge in [-0.15, -0.1) is 0 Å². The first-order valence-corrected chi connectivity index (χ1v) is 7.96. The van der Waals surface area contributed by atoms with E-state index in [0.717, 1.165) is 12.5 Å². The predicted molar refractivity (Wildman–Crippen MR) is 83.9 cm³/mol. The van der Waals surface area contributed by atoms with E-state index in [9.17, 15) is 4.79 Å². The highest BCUT2D eigenvalue weighted by Crippen LogP contribution is 2.17. The molecule has 0 bridgehead atoms. The first kappa shape index (κ1) is 16.8. The molecule has 0 unspecified atom stereocenters. The minimum absolute atomic E-state index is 0.0669. The number of hydrogen-bond donors (Lipinski definition) is 3. The summed E-state index contributed by atoms with van der Waals surface area (Å²) in [5.74, 6) is 0.911. The van der Waals surface area contributed by atoms with E-state index >= 15 is 0 Å². The molecular weight excluding hydrogens is 252 g/mol. The first-order chi connectivity index (χ1) is 9.61. The average molecular weight is 282 g/mol. The summed E-state index contributed by atoms with van der Waals surface area (Å²) in [6, 6.07) is 0.728. The van der Waals surface area contributed by atoms with Gasteiger partial charge in [-0.2, -0.15) is 0 Å². The maximum absolute atomic E-state index is 11.6. The molecule has 1 fully saturated rings. The molecular formula is C15H30N4O. The Morgan fingerprint density at radius 1 is 1.25 bits per heavy atom. The average Bonchev–Trinajstić information content (AvgIpc) is 2.39. The van der Waals surface area contributed by atoms with Crippen molar-refractivity contribution in [3.05, 3.63) is 0 Å². The molecule has 1 amide bonds. The van der Waals surface area contributed by atoms with Crippen LogP contribution in [0.1, 0.15) is 59.3 Å². The molecule has 0 radical (unpaired) electrons. The fourth-order valence-electron chi connectivity index (χ4n) is 2.42. The van der Waals surface area contributed by atoms with Gasteiger partial charge in [-0.05, 0) is 33.6 Å². The lowest BCUT2D eigenvalue weighted by Gasteiger charge is -2.24. The lowest BCUT2D eigenvalue weighted by atomic mass is 9.96. The van der Waals surface area contributed by atoms with Gasteiger partial charge in [0.25, 0.3) is 0 Å². The summed E-state index contributed by atoms with van der Waals surface area (Å²) in [5, 5.41) is 9.61. The zero-order valence-corrected chi connectivity index (χ0v) is 13.2. The van der Waals surface area contributed by atoms with Gasteiger partial charge in [-0.3, -0.25) is 9.79 Å². The van der Waals surface area contributed by atoms with Crippen LogP contribution in [0.2, 0.25) is 0 Å². The maximum Gasteiger partial charge on any atom is 0.222 e. The smallest absolute Gasteiger partial charge is 0.222 e. The second kappa shape index (κ2) is 9.61. The molecule has 0 heterocycles. The van der Waals surface area contributed by atoms with Gasteiger partial charge in [0.15, 0.2) is 5.96 Å². The highest BCUT2D eigenvalue weighted by Gasteiger charge is 2.14. The van der Waals surface area contributed by atoms with Crippen LogP contribution in [0.3, 0.4) is 0 Å². The number of rotatable bonds is 6. The van der Waals surface area contributed by atoms with Gasteiger partial charge >= 0.3 is 0 Å². The third kappa shape index (κ3) is 7.36. The van der Waals surface area contributed by atoms with Gasteiger partial charge in [0.1, 0.15) is 0 Å². The second-order valence-corrected chi connectivity index (χ2v) is 5.71. The van der Waals surface area contributed by atoms with Crippen LogP contribution < -0.4 is 16.0 Å². The number of nitrogens with one attached hydrogen (secondary N) is 3. The minimum atomic E-state index is 0.0669. The fourth-order valence-corrected chi connectivity index (χ4v) is 2.42. The topological polar surface area (TPSA) is 65.5 Å². The van der Waals surface area contributed by atoms with Crippen molar-refractivity contribution in [2.24, 2.45) is 4.99 Å². The third-order valence-electron chi connectivity index (χ3n) is 3.35. The number of nitrogens with zero attached hydrogens (tertiary/aromatic N) is 1. The van der Waals surface area contributed by atoms with E-state index in [4.69, 9.17) is 0 Å². The molecule has 1 rings (SSSR count). The molecule has 0 spiro atoms. The molecule has 0 aromatic heterocycles. The van der Waals surface area contributed by atoms with Gasteiger partial charge in [-0.1, -0.05) is 19.3 Å². The van der Waals surface area contributed by atoms with E-state index in [1.807, 2.05) is 13.8 Å². The molecule has 5 heteroatoms. The highest BCUT2D eigenvalue weighted by molar-refractivity contribution is 5.81. The predicted octanol–water partition coefficient (Wildman–Crippen LogP) is 1.79. The standard InChI is InChI=1S/C15H30N4O/c1-4-16-15(19-13-8-6-5-7-9-13)17-11-10-14(20)18-12(2)3/h12-13H,4-11H2,1-3H3,(H,18,20)(H2,16,17,19). The van der Waals surface area contributed by atoms with Crippen LogP contribution in [0.15, 0.2) is 4.99 Å². The van der Waals surface area contributed by atoms with Crippen LogP contribution in [0.5, 0.6) is 0 Å². The lowest BCUT2D eigenvalue weighted by molar-refractivity contribution is -0.121. The molecule has 116 valence electrons.